The molecule has 1 amide bonds. The Labute approximate surface area is 187 Å². The Bertz CT molecular complexity index is 1170. The second kappa shape index (κ2) is 7.08. The Morgan fingerprint density at radius 3 is 2.22 bits per heavy atom. The zero-order valence-electron chi connectivity index (χ0n) is 18.9. The van der Waals surface area contributed by atoms with Crippen molar-refractivity contribution in [1.29, 1.82) is 0 Å². The van der Waals surface area contributed by atoms with Crippen molar-refractivity contribution in [3.8, 4) is 11.1 Å². The Hall–Kier alpha value is -2.84. The molecule has 1 aliphatic heterocycles. The van der Waals surface area contributed by atoms with E-state index in [0.717, 1.165) is 46.9 Å². The highest BCUT2D eigenvalue weighted by Gasteiger charge is 2.51. The lowest BCUT2D eigenvalue weighted by atomic mass is 9.76. The first kappa shape index (κ1) is 21.0. The fraction of sp³-hybridized carbons (Fsp3) is 0.417. The van der Waals surface area contributed by atoms with Gasteiger partial charge < -0.3 is 24.7 Å². The highest BCUT2D eigenvalue weighted by Crippen LogP contribution is 2.41. The molecule has 2 fully saturated rings. The maximum atomic E-state index is 11.3. The lowest BCUT2D eigenvalue weighted by molar-refractivity contribution is 0.00578. The Balaban J connectivity index is 1.40. The summed E-state index contributed by atoms with van der Waals surface area (Å²) in [5, 5.41) is 11.9. The Morgan fingerprint density at radius 1 is 1.03 bits per heavy atom. The van der Waals surface area contributed by atoms with Crippen molar-refractivity contribution in [2.45, 2.75) is 63.7 Å². The number of imidazole rings is 1. The van der Waals surface area contributed by atoms with Gasteiger partial charge in [0.15, 0.2) is 0 Å². The summed E-state index contributed by atoms with van der Waals surface area (Å²) in [6.07, 6.45) is 1.48. The van der Waals surface area contributed by atoms with Gasteiger partial charge in [0.1, 0.15) is 11.4 Å². The molecule has 2 aliphatic rings. The highest BCUT2D eigenvalue weighted by molar-refractivity contribution is 6.62. The predicted molar refractivity (Wildman–Crippen MR) is 124 cm³/mol. The molecule has 3 aromatic rings. The SMILES string of the molecule is CC1(C)OB(c2ccc(-c3ccc4[nH]c(C5(NC(=O)O)CCC5)nc4c3)cc2)OC1(C)C. The number of benzene rings is 2. The first-order chi connectivity index (χ1) is 15.1. The van der Waals surface area contributed by atoms with Crippen molar-refractivity contribution in [3.05, 3.63) is 48.3 Å². The highest BCUT2D eigenvalue weighted by atomic mass is 16.7. The minimum absolute atomic E-state index is 0.369. The number of amides is 1. The number of carboxylic acid groups (broad SMARTS) is 1. The molecule has 0 bridgehead atoms. The summed E-state index contributed by atoms with van der Waals surface area (Å²) in [4.78, 5) is 19.3. The van der Waals surface area contributed by atoms with E-state index in [1.807, 2.05) is 30.3 Å². The van der Waals surface area contributed by atoms with Crippen LogP contribution in [0.1, 0.15) is 52.8 Å². The molecule has 8 heteroatoms. The van der Waals surface area contributed by atoms with Crippen molar-refractivity contribution in [2.24, 2.45) is 0 Å². The third-order valence-electron chi connectivity index (χ3n) is 7.26. The number of hydrogen-bond acceptors (Lipinski definition) is 4. The zero-order chi connectivity index (χ0) is 22.7. The number of nitrogens with zero attached hydrogens (tertiary/aromatic N) is 1. The van der Waals surface area contributed by atoms with Crippen LogP contribution in [0.25, 0.3) is 22.2 Å². The third kappa shape index (κ3) is 3.38. The van der Waals surface area contributed by atoms with Crippen molar-refractivity contribution >= 4 is 29.7 Å². The maximum Gasteiger partial charge on any atom is 0.494 e. The number of nitrogens with one attached hydrogen (secondary N) is 2. The number of H-pyrrole nitrogens is 1. The zero-order valence-corrected chi connectivity index (χ0v) is 18.9. The minimum atomic E-state index is -1.02. The molecule has 32 heavy (non-hydrogen) atoms. The summed E-state index contributed by atoms with van der Waals surface area (Å²) in [6, 6.07) is 14.3. The average Bonchev–Trinajstić information content (AvgIpc) is 3.22. The maximum absolute atomic E-state index is 11.3. The molecule has 1 saturated heterocycles. The number of rotatable bonds is 4. The molecule has 5 rings (SSSR count). The van der Waals surface area contributed by atoms with E-state index in [2.05, 4.69) is 50.1 Å². The van der Waals surface area contributed by atoms with Gasteiger partial charge in [-0.05, 0) is 75.7 Å². The summed E-state index contributed by atoms with van der Waals surface area (Å²) in [5.74, 6) is 0.689. The molecule has 1 saturated carbocycles. The van der Waals surface area contributed by atoms with Gasteiger partial charge in [-0.3, -0.25) is 0 Å². The van der Waals surface area contributed by atoms with E-state index in [-0.39, 0.29) is 18.3 Å². The smallest absolute Gasteiger partial charge is 0.465 e. The molecule has 166 valence electrons. The van der Waals surface area contributed by atoms with E-state index < -0.39 is 11.6 Å². The normalized spacial score (nSPS) is 20.8. The first-order valence-corrected chi connectivity index (χ1v) is 11.1. The number of fused-ring (bicyclic) bond motifs is 1. The van der Waals surface area contributed by atoms with Gasteiger partial charge in [-0.1, -0.05) is 30.3 Å². The molecule has 7 nitrogen and oxygen atoms in total. The quantitative estimate of drug-likeness (QED) is 0.537. The molecular weight excluding hydrogens is 405 g/mol. The van der Waals surface area contributed by atoms with Crippen LogP contribution in [0.15, 0.2) is 42.5 Å². The van der Waals surface area contributed by atoms with Crippen LogP contribution in [0.5, 0.6) is 0 Å². The van der Waals surface area contributed by atoms with Gasteiger partial charge in [-0.2, -0.15) is 0 Å². The van der Waals surface area contributed by atoms with Gasteiger partial charge in [0, 0.05) is 0 Å². The number of aromatic nitrogens is 2. The van der Waals surface area contributed by atoms with Crippen LogP contribution < -0.4 is 10.8 Å². The predicted octanol–water partition coefficient (Wildman–Crippen LogP) is 4.18. The van der Waals surface area contributed by atoms with Gasteiger partial charge in [0.05, 0.1) is 22.2 Å². The second-order valence-electron chi connectivity index (χ2n) is 9.89. The molecular formula is C24H28BN3O4. The lowest BCUT2D eigenvalue weighted by Crippen LogP contribution is -2.51. The van der Waals surface area contributed by atoms with Crippen molar-refractivity contribution < 1.29 is 19.2 Å². The van der Waals surface area contributed by atoms with Crippen molar-refractivity contribution in [1.82, 2.24) is 15.3 Å². The van der Waals surface area contributed by atoms with Gasteiger partial charge >= 0.3 is 13.2 Å². The summed E-state index contributed by atoms with van der Waals surface area (Å²) in [5.41, 5.74) is 3.49. The van der Waals surface area contributed by atoms with Crippen molar-refractivity contribution in [3.63, 3.8) is 0 Å². The van der Waals surface area contributed by atoms with E-state index in [1.165, 1.54) is 0 Å². The minimum Gasteiger partial charge on any atom is -0.465 e. The Morgan fingerprint density at radius 2 is 1.66 bits per heavy atom. The fourth-order valence-electron chi connectivity index (χ4n) is 4.38. The number of aromatic amines is 1. The van der Waals surface area contributed by atoms with Crippen LogP contribution in [0.2, 0.25) is 0 Å². The summed E-state index contributed by atoms with van der Waals surface area (Å²) >= 11 is 0. The topological polar surface area (TPSA) is 96.5 Å². The largest absolute Gasteiger partial charge is 0.494 e. The van der Waals surface area contributed by atoms with Gasteiger partial charge in [0.25, 0.3) is 0 Å². The lowest BCUT2D eigenvalue weighted by Gasteiger charge is -2.39. The van der Waals surface area contributed by atoms with E-state index in [1.54, 1.807) is 0 Å². The van der Waals surface area contributed by atoms with Crippen LogP contribution in [-0.2, 0) is 14.8 Å². The number of carbonyl (C=O) groups is 1. The van der Waals surface area contributed by atoms with E-state index >= 15 is 0 Å². The van der Waals surface area contributed by atoms with E-state index in [0.29, 0.717) is 5.82 Å². The van der Waals surface area contributed by atoms with Crippen LogP contribution in [0.3, 0.4) is 0 Å². The third-order valence-corrected chi connectivity index (χ3v) is 7.26. The molecule has 3 N–H and O–H groups in total. The van der Waals surface area contributed by atoms with Crippen LogP contribution >= 0.6 is 0 Å². The second-order valence-corrected chi connectivity index (χ2v) is 9.89. The van der Waals surface area contributed by atoms with Gasteiger partial charge in [0.2, 0.25) is 0 Å². The van der Waals surface area contributed by atoms with Crippen LogP contribution in [-0.4, -0.2) is 39.5 Å². The summed E-state index contributed by atoms with van der Waals surface area (Å²) in [6.45, 7) is 8.20. The van der Waals surface area contributed by atoms with E-state index in [9.17, 15) is 9.90 Å². The molecule has 0 spiro atoms. The van der Waals surface area contributed by atoms with Crippen LogP contribution in [0.4, 0.5) is 4.79 Å². The van der Waals surface area contributed by atoms with Crippen molar-refractivity contribution in [2.75, 3.05) is 0 Å². The van der Waals surface area contributed by atoms with Gasteiger partial charge in [-0.15, -0.1) is 0 Å². The summed E-state index contributed by atoms with van der Waals surface area (Å²) in [7, 11) is -0.383. The van der Waals surface area contributed by atoms with Crippen LogP contribution in [0, 0.1) is 0 Å². The molecule has 2 heterocycles. The molecule has 1 aromatic heterocycles. The molecule has 1 aliphatic carbocycles. The average molecular weight is 433 g/mol. The van der Waals surface area contributed by atoms with E-state index in [4.69, 9.17) is 14.3 Å². The molecule has 2 aromatic carbocycles. The first-order valence-electron chi connectivity index (χ1n) is 11.1. The summed E-state index contributed by atoms with van der Waals surface area (Å²) < 4.78 is 12.3. The standard InChI is InChI=1S/C24H28BN3O4/c1-22(2)23(3,4)32-25(31-22)17-9-6-15(7-10-17)16-8-11-18-19(14-16)27-20(26-18)24(12-5-13-24)28-21(29)30/h6-11,14,28H,5,12-13H2,1-4H3,(H,26,27)(H,29,30). The molecule has 0 radical (unpaired) electrons. The molecule has 0 unspecified atom stereocenters. The molecule has 0 atom stereocenters. The monoisotopic (exact) mass is 433 g/mol. The fourth-order valence-corrected chi connectivity index (χ4v) is 4.38. The Kier molecular flexibility index (Phi) is 4.66. The number of hydrogen-bond donors (Lipinski definition) is 3. The van der Waals surface area contributed by atoms with Gasteiger partial charge in [-0.25, -0.2) is 9.78 Å².